The minimum Gasteiger partial charge on any atom is -0.469 e. The average molecular weight is 214 g/mol. The van der Waals surface area contributed by atoms with Crippen LogP contribution < -0.4 is 0 Å². The highest BCUT2D eigenvalue weighted by Crippen LogP contribution is 2.44. The molecule has 0 bridgehead atoms. The number of methoxy groups -OCH3 is 1. The van der Waals surface area contributed by atoms with Gasteiger partial charge >= 0.3 is 5.97 Å². The molecule has 2 fully saturated rings. The minimum absolute atomic E-state index is 0.0175. The van der Waals surface area contributed by atoms with Crippen LogP contribution in [0.15, 0.2) is 0 Å². The summed E-state index contributed by atoms with van der Waals surface area (Å²) in [4.78, 5) is 11.6. The van der Waals surface area contributed by atoms with E-state index in [2.05, 4.69) is 0 Å². The fraction of sp³-hybridized carbons (Fsp3) is 0.900. The van der Waals surface area contributed by atoms with E-state index in [0.717, 1.165) is 13.0 Å². The van der Waals surface area contributed by atoms with Crippen LogP contribution in [0, 0.1) is 0 Å². The van der Waals surface area contributed by atoms with E-state index in [1.807, 2.05) is 0 Å². The first-order valence-corrected chi connectivity index (χ1v) is 7.90. The van der Waals surface area contributed by atoms with Crippen LogP contribution in [0.25, 0.3) is 0 Å². The van der Waals surface area contributed by atoms with Crippen LogP contribution in [0.5, 0.6) is 0 Å². The Morgan fingerprint density at radius 2 is 2.07 bits per heavy atom. The van der Waals surface area contributed by atoms with E-state index in [0.29, 0.717) is 0 Å². The van der Waals surface area contributed by atoms with Crippen molar-refractivity contribution in [1.82, 2.24) is 0 Å². The molecule has 2 saturated heterocycles. The van der Waals surface area contributed by atoms with Gasteiger partial charge in [-0.25, -0.2) is 0 Å². The van der Waals surface area contributed by atoms with Gasteiger partial charge in [-0.1, -0.05) is 19.3 Å². The Hall–Kier alpha value is -0.353. The molecular formula is C10H18O3Si. The standard InChI is InChI=1S/C10H18O3Si/c1-12-10(11)9-5-6-13-14(9)7-3-2-4-8-14/h9H,2-8H2,1H3/t9-/m1/s1. The second-order valence-electron chi connectivity index (χ2n) is 4.34. The Morgan fingerprint density at radius 1 is 1.36 bits per heavy atom. The van der Waals surface area contributed by atoms with Crippen LogP contribution in [-0.4, -0.2) is 28.0 Å². The maximum absolute atomic E-state index is 11.6. The number of ether oxygens (including phenoxy) is 1. The molecule has 0 radical (unpaired) electrons. The zero-order valence-electron chi connectivity index (χ0n) is 8.75. The molecule has 0 saturated carbocycles. The summed E-state index contributed by atoms with van der Waals surface area (Å²) in [6, 6.07) is 2.35. The fourth-order valence-electron chi connectivity index (χ4n) is 2.86. The SMILES string of the molecule is COC(=O)[C@H]1CCO[Si]12CCCCC2. The lowest BCUT2D eigenvalue weighted by Crippen LogP contribution is -2.43. The Bertz CT molecular complexity index is 223. The van der Waals surface area contributed by atoms with Gasteiger partial charge in [-0.15, -0.1) is 0 Å². The molecule has 0 unspecified atom stereocenters. The van der Waals surface area contributed by atoms with Gasteiger partial charge < -0.3 is 9.16 Å². The first kappa shape index (κ1) is 10.2. The molecule has 14 heavy (non-hydrogen) atoms. The molecule has 1 spiro atoms. The molecule has 0 aliphatic carbocycles. The normalized spacial score (nSPS) is 30.5. The number of hydrogen-bond donors (Lipinski definition) is 0. The molecule has 0 aromatic carbocycles. The van der Waals surface area contributed by atoms with Crippen molar-refractivity contribution in [3.63, 3.8) is 0 Å². The summed E-state index contributed by atoms with van der Waals surface area (Å²) >= 11 is 0. The van der Waals surface area contributed by atoms with Gasteiger partial charge in [0.2, 0.25) is 8.32 Å². The summed E-state index contributed by atoms with van der Waals surface area (Å²) in [5, 5.41) is 0. The third-order valence-electron chi connectivity index (χ3n) is 3.62. The van der Waals surface area contributed by atoms with Crippen molar-refractivity contribution >= 4 is 14.3 Å². The maximum atomic E-state index is 11.6. The van der Waals surface area contributed by atoms with E-state index in [4.69, 9.17) is 9.16 Å². The maximum Gasteiger partial charge on any atom is 0.308 e. The van der Waals surface area contributed by atoms with Crippen molar-refractivity contribution in [3.8, 4) is 0 Å². The van der Waals surface area contributed by atoms with Crippen LogP contribution in [0.3, 0.4) is 0 Å². The number of esters is 1. The molecule has 3 nitrogen and oxygen atoms in total. The van der Waals surface area contributed by atoms with Crippen molar-refractivity contribution in [2.24, 2.45) is 0 Å². The average Bonchev–Trinajstić information content (AvgIpc) is 2.62. The summed E-state index contributed by atoms with van der Waals surface area (Å²) in [5.74, 6) is -0.0175. The van der Waals surface area contributed by atoms with Gasteiger partial charge in [-0.05, 0) is 18.5 Å². The second-order valence-corrected chi connectivity index (χ2v) is 8.45. The van der Waals surface area contributed by atoms with E-state index in [9.17, 15) is 4.79 Å². The zero-order chi connectivity index (χ0) is 10.0. The van der Waals surface area contributed by atoms with Gasteiger partial charge in [0, 0.05) is 6.61 Å². The molecule has 0 N–H and O–H groups in total. The molecule has 0 aromatic heterocycles. The van der Waals surface area contributed by atoms with Gasteiger partial charge in [0.05, 0.1) is 12.7 Å². The van der Waals surface area contributed by atoms with Crippen molar-refractivity contribution in [1.29, 1.82) is 0 Å². The van der Waals surface area contributed by atoms with Gasteiger partial charge in [-0.3, -0.25) is 4.79 Å². The molecule has 2 aliphatic rings. The Balaban J connectivity index is 2.11. The van der Waals surface area contributed by atoms with Crippen molar-refractivity contribution in [2.45, 2.75) is 43.3 Å². The highest BCUT2D eigenvalue weighted by atomic mass is 28.4. The van der Waals surface area contributed by atoms with Crippen molar-refractivity contribution in [3.05, 3.63) is 0 Å². The summed E-state index contributed by atoms with van der Waals surface area (Å²) in [6.45, 7) is 0.784. The first-order chi connectivity index (χ1) is 6.78. The van der Waals surface area contributed by atoms with E-state index < -0.39 is 8.32 Å². The number of rotatable bonds is 1. The Morgan fingerprint density at radius 3 is 2.71 bits per heavy atom. The molecule has 0 aromatic rings. The van der Waals surface area contributed by atoms with Gasteiger partial charge in [0.1, 0.15) is 0 Å². The summed E-state index contributed by atoms with van der Waals surface area (Å²) < 4.78 is 10.8. The predicted octanol–water partition coefficient (Wildman–Crippen LogP) is 2.08. The van der Waals surface area contributed by atoms with Crippen LogP contribution >= 0.6 is 0 Å². The van der Waals surface area contributed by atoms with E-state index >= 15 is 0 Å². The smallest absolute Gasteiger partial charge is 0.308 e. The topological polar surface area (TPSA) is 35.5 Å². The van der Waals surface area contributed by atoms with Gasteiger partial charge in [-0.2, -0.15) is 0 Å². The highest BCUT2D eigenvalue weighted by Gasteiger charge is 2.51. The molecular weight excluding hydrogens is 196 g/mol. The second kappa shape index (κ2) is 4.02. The van der Waals surface area contributed by atoms with Gasteiger partial charge in [0.15, 0.2) is 0 Å². The number of carbonyl (C=O) groups excluding carboxylic acids is 1. The predicted molar refractivity (Wildman–Crippen MR) is 55.6 cm³/mol. The van der Waals surface area contributed by atoms with Crippen molar-refractivity contribution < 1.29 is 14.0 Å². The molecule has 1 atom stereocenters. The molecule has 2 heterocycles. The van der Waals surface area contributed by atoms with Crippen LogP contribution in [0.4, 0.5) is 0 Å². The van der Waals surface area contributed by atoms with Gasteiger partial charge in [0.25, 0.3) is 0 Å². The van der Waals surface area contributed by atoms with E-state index in [-0.39, 0.29) is 11.5 Å². The van der Waals surface area contributed by atoms with Crippen LogP contribution in [-0.2, 0) is 14.0 Å². The lowest BCUT2D eigenvalue weighted by molar-refractivity contribution is -0.140. The number of carbonyl (C=O) groups is 1. The third-order valence-corrected chi connectivity index (χ3v) is 8.59. The molecule has 4 heteroatoms. The Labute approximate surface area is 85.9 Å². The zero-order valence-corrected chi connectivity index (χ0v) is 9.75. The molecule has 2 aliphatic heterocycles. The Kier molecular flexibility index (Phi) is 2.92. The highest BCUT2D eigenvalue weighted by molar-refractivity contribution is 6.78. The first-order valence-electron chi connectivity index (χ1n) is 5.50. The summed E-state index contributed by atoms with van der Waals surface area (Å²) in [7, 11) is -0.216. The molecule has 0 amide bonds. The molecule has 2 rings (SSSR count). The number of hydrogen-bond acceptors (Lipinski definition) is 3. The van der Waals surface area contributed by atoms with E-state index in [1.54, 1.807) is 0 Å². The minimum atomic E-state index is -1.71. The fourth-order valence-corrected chi connectivity index (χ4v) is 7.71. The summed E-state index contributed by atoms with van der Waals surface area (Å²) in [5.41, 5.74) is 0.132. The van der Waals surface area contributed by atoms with Crippen molar-refractivity contribution in [2.75, 3.05) is 13.7 Å². The van der Waals surface area contributed by atoms with Crippen LogP contribution in [0.1, 0.15) is 25.7 Å². The van der Waals surface area contributed by atoms with E-state index in [1.165, 1.54) is 38.5 Å². The monoisotopic (exact) mass is 214 g/mol. The summed E-state index contributed by atoms with van der Waals surface area (Å²) in [6.07, 6.45) is 4.71. The lowest BCUT2D eigenvalue weighted by Gasteiger charge is -2.33. The third kappa shape index (κ3) is 1.61. The quantitative estimate of drug-likeness (QED) is 0.495. The lowest BCUT2D eigenvalue weighted by atomic mass is 10.3. The molecule has 80 valence electrons. The largest absolute Gasteiger partial charge is 0.469 e. The van der Waals surface area contributed by atoms with Crippen LogP contribution in [0.2, 0.25) is 17.6 Å².